The molecule has 3 rings (SSSR count). The van der Waals surface area contributed by atoms with Crippen LogP contribution in [-0.4, -0.2) is 49.7 Å². The highest BCUT2D eigenvalue weighted by molar-refractivity contribution is 7.89. The minimum atomic E-state index is -4.65. The van der Waals surface area contributed by atoms with E-state index in [1.54, 1.807) is 0 Å². The molecule has 202 valence electrons. The van der Waals surface area contributed by atoms with Gasteiger partial charge in [-0.05, 0) is 48.1 Å². The predicted octanol–water partition coefficient (Wildman–Crippen LogP) is 3.85. The Labute approximate surface area is 215 Å². The molecule has 1 unspecified atom stereocenters. The van der Waals surface area contributed by atoms with Crippen LogP contribution in [-0.2, 0) is 32.2 Å². The van der Waals surface area contributed by atoms with Crippen molar-refractivity contribution in [2.24, 2.45) is 0 Å². The number of sulfonamides is 1. The van der Waals surface area contributed by atoms with Crippen LogP contribution in [0, 0.1) is 0 Å². The first kappa shape index (κ1) is 28.6. The lowest BCUT2D eigenvalue weighted by Crippen LogP contribution is -2.53. The van der Waals surface area contributed by atoms with Crippen LogP contribution in [0.5, 0.6) is 0 Å². The summed E-state index contributed by atoms with van der Waals surface area (Å²) in [6.45, 7) is 5.59. The van der Waals surface area contributed by atoms with Crippen molar-refractivity contribution in [3.8, 4) is 0 Å². The Balaban J connectivity index is 1.62. The molecule has 2 N–H and O–H groups in total. The Morgan fingerprint density at radius 1 is 1.05 bits per heavy atom. The van der Waals surface area contributed by atoms with Crippen LogP contribution in [0.1, 0.15) is 56.2 Å². The number of carbonyl (C=O) groups is 2. The average Bonchev–Trinajstić information content (AvgIpc) is 2.83. The van der Waals surface area contributed by atoms with Gasteiger partial charge < -0.3 is 10.6 Å². The van der Waals surface area contributed by atoms with Gasteiger partial charge in [-0.1, -0.05) is 44.2 Å². The minimum absolute atomic E-state index is 0.0466. The fraction of sp³-hybridized carbons (Fsp3) is 0.462. The van der Waals surface area contributed by atoms with E-state index in [0.29, 0.717) is 31.2 Å². The van der Waals surface area contributed by atoms with Gasteiger partial charge in [0.1, 0.15) is 6.04 Å². The van der Waals surface area contributed by atoms with E-state index >= 15 is 0 Å². The molecular weight excluding hydrogens is 507 g/mol. The number of hydrogen-bond donors (Lipinski definition) is 2. The number of amides is 2. The number of carbonyl (C=O) groups excluding carboxylic acids is 2. The van der Waals surface area contributed by atoms with Crippen LogP contribution in [0.15, 0.2) is 53.4 Å². The van der Waals surface area contributed by atoms with Gasteiger partial charge in [0.05, 0.1) is 10.5 Å². The highest BCUT2D eigenvalue weighted by atomic mass is 32.2. The molecule has 0 radical (unpaired) electrons. The number of nitrogens with one attached hydrogen (secondary N) is 2. The third kappa shape index (κ3) is 7.54. The molecule has 1 saturated heterocycles. The fourth-order valence-electron chi connectivity index (χ4n) is 4.25. The smallest absolute Gasteiger partial charge is 0.351 e. The van der Waals surface area contributed by atoms with E-state index in [0.717, 1.165) is 33.6 Å². The van der Waals surface area contributed by atoms with Crippen molar-refractivity contribution in [1.29, 1.82) is 0 Å². The number of hydrogen-bond acceptors (Lipinski definition) is 4. The standard InChI is InChI=1S/C26H32F3N3O4S/c1-17(2)20-9-7-19(8-10-20)15-24(30-18(3)33)25(34)31-22-11-13-32(14-12-22)37(35,36)23-6-4-5-21(16-23)26(27,28)29/h4-10,16-17,22,24H,11-15H2,1-3H3,(H,30,33)(H,31,34). The number of rotatable bonds is 8. The van der Waals surface area contributed by atoms with Crippen molar-refractivity contribution in [3.05, 3.63) is 65.2 Å². The monoisotopic (exact) mass is 539 g/mol. The van der Waals surface area contributed by atoms with E-state index in [1.165, 1.54) is 6.92 Å². The van der Waals surface area contributed by atoms with E-state index in [2.05, 4.69) is 24.5 Å². The highest BCUT2D eigenvalue weighted by Crippen LogP contribution is 2.31. The van der Waals surface area contributed by atoms with Gasteiger partial charge in [0.15, 0.2) is 0 Å². The molecule has 2 aromatic carbocycles. The number of benzene rings is 2. The van der Waals surface area contributed by atoms with Gasteiger partial charge in [-0.25, -0.2) is 8.42 Å². The maximum atomic E-state index is 13.0. The maximum Gasteiger partial charge on any atom is 0.416 e. The van der Waals surface area contributed by atoms with E-state index < -0.39 is 32.7 Å². The van der Waals surface area contributed by atoms with Crippen molar-refractivity contribution < 1.29 is 31.2 Å². The fourth-order valence-corrected chi connectivity index (χ4v) is 5.77. The zero-order valence-electron chi connectivity index (χ0n) is 21.0. The first-order chi connectivity index (χ1) is 17.3. The van der Waals surface area contributed by atoms with Gasteiger partial charge in [0.25, 0.3) is 0 Å². The van der Waals surface area contributed by atoms with Gasteiger partial charge in [0, 0.05) is 32.5 Å². The van der Waals surface area contributed by atoms with E-state index in [4.69, 9.17) is 0 Å². The molecule has 0 bridgehead atoms. The zero-order chi connectivity index (χ0) is 27.4. The predicted molar refractivity (Wildman–Crippen MR) is 133 cm³/mol. The molecule has 1 atom stereocenters. The first-order valence-electron chi connectivity index (χ1n) is 12.1. The lowest BCUT2D eigenvalue weighted by molar-refractivity contribution is -0.137. The molecular formula is C26H32F3N3O4S. The normalized spacial score (nSPS) is 16.4. The summed E-state index contributed by atoms with van der Waals surface area (Å²) in [5, 5.41) is 5.57. The van der Waals surface area contributed by atoms with Gasteiger partial charge in [-0.15, -0.1) is 0 Å². The molecule has 1 fully saturated rings. The maximum absolute atomic E-state index is 13.0. The molecule has 2 amide bonds. The van der Waals surface area contributed by atoms with Crippen LogP contribution in [0.3, 0.4) is 0 Å². The molecule has 0 aliphatic carbocycles. The second-order valence-corrected chi connectivity index (χ2v) is 11.5. The SMILES string of the molecule is CC(=O)NC(Cc1ccc(C(C)C)cc1)C(=O)NC1CCN(S(=O)(=O)c2cccc(C(F)(F)F)c2)CC1. The topological polar surface area (TPSA) is 95.6 Å². The molecule has 2 aromatic rings. The van der Waals surface area contributed by atoms with Crippen LogP contribution in [0.2, 0.25) is 0 Å². The molecule has 37 heavy (non-hydrogen) atoms. The van der Waals surface area contributed by atoms with E-state index in [-0.39, 0.29) is 30.9 Å². The zero-order valence-corrected chi connectivity index (χ0v) is 21.8. The van der Waals surface area contributed by atoms with Crippen molar-refractivity contribution in [1.82, 2.24) is 14.9 Å². The van der Waals surface area contributed by atoms with Crippen molar-refractivity contribution in [2.75, 3.05) is 13.1 Å². The van der Waals surface area contributed by atoms with Crippen LogP contribution < -0.4 is 10.6 Å². The van der Waals surface area contributed by atoms with Crippen LogP contribution >= 0.6 is 0 Å². The van der Waals surface area contributed by atoms with Crippen LogP contribution in [0.25, 0.3) is 0 Å². The summed E-state index contributed by atoms with van der Waals surface area (Å²) in [5.41, 5.74) is 1.02. The summed E-state index contributed by atoms with van der Waals surface area (Å²) in [5.74, 6) is -0.352. The summed E-state index contributed by atoms with van der Waals surface area (Å²) in [4.78, 5) is 24.3. The Bertz CT molecular complexity index is 1210. The third-order valence-corrected chi connectivity index (χ3v) is 8.27. The molecule has 1 aliphatic rings. The molecule has 0 saturated carbocycles. The summed E-state index contributed by atoms with van der Waals surface area (Å²) < 4.78 is 66.0. The number of alkyl halides is 3. The number of piperidine rings is 1. The highest BCUT2D eigenvalue weighted by Gasteiger charge is 2.35. The van der Waals surface area contributed by atoms with Crippen LogP contribution in [0.4, 0.5) is 13.2 Å². The molecule has 0 spiro atoms. The minimum Gasteiger partial charge on any atom is -0.351 e. The van der Waals surface area contributed by atoms with Gasteiger partial charge in [0.2, 0.25) is 21.8 Å². The largest absolute Gasteiger partial charge is 0.416 e. The Morgan fingerprint density at radius 2 is 1.68 bits per heavy atom. The molecule has 1 heterocycles. The van der Waals surface area contributed by atoms with Crippen molar-refractivity contribution in [2.45, 2.75) is 69.1 Å². The van der Waals surface area contributed by atoms with Crippen molar-refractivity contribution in [3.63, 3.8) is 0 Å². The van der Waals surface area contributed by atoms with Gasteiger partial charge in [-0.2, -0.15) is 17.5 Å². The van der Waals surface area contributed by atoms with Gasteiger partial charge >= 0.3 is 6.18 Å². The Morgan fingerprint density at radius 3 is 2.22 bits per heavy atom. The molecule has 0 aromatic heterocycles. The summed E-state index contributed by atoms with van der Waals surface area (Å²) >= 11 is 0. The Kier molecular flexibility index (Phi) is 9.01. The Hall–Kier alpha value is -2.92. The lowest BCUT2D eigenvalue weighted by Gasteiger charge is -2.32. The van der Waals surface area contributed by atoms with E-state index in [9.17, 15) is 31.2 Å². The first-order valence-corrected chi connectivity index (χ1v) is 13.5. The second kappa shape index (κ2) is 11.6. The third-order valence-electron chi connectivity index (χ3n) is 6.38. The summed E-state index contributed by atoms with van der Waals surface area (Å²) in [7, 11) is -4.12. The molecule has 7 nitrogen and oxygen atoms in total. The van der Waals surface area contributed by atoms with E-state index in [1.807, 2.05) is 24.3 Å². The summed E-state index contributed by atoms with van der Waals surface area (Å²) in [6, 6.07) is 10.4. The molecule has 11 heteroatoms. The van der Waals surface area contributed by atoms with Gasteiger partial charge in [-0.3, -0.25) is 9.59 Å². The number of halogens is 3. The second-order valence-electron chi connectivity index (χ2n) is 9.57. The quantitative estimate of drug-likeness (QED) is 0.533. The number of nitrogens with zero attached hydrogens (tertiary/aromatic N) is 1. The van der Waals surface area contributed by atoms with Crippen molar-refractivity contribution >= 4 is 21.8 Å². The lowest BCUT2D eigenvalue weighted by atomic mass is 9.98. The molecule has 1 aliphatic heterocycles. The average molecular weight is 540 g/mol. The summed E-state index contributed by atoms with van der Waals surface area (Å²) in [6.07, 6.45) is -3.77.